The van der Waals surface area contributed by atoms with Crippen molar-refractivity contribution < 1.29 is 10.1 Å². The van der Waals surface area contributed by atoms with E-state index in [-0.39, 0.29) is 11.0 Å². The first-order chi connectivity index (χ1) is 4.52. The third-order valence-corrected chi connectivity index (χ3v) is 2.70. The Kier molecular flexibility index (Phi) is 1.77. The fraction of sp³-hybridized carbons (Fsp3) is 1.00. The van der Waals surface area contributed by atoms with E-state index in [1.165, 1.54) is 6.42 Å². The minimum absolute atomic E-state index is 0.0694. The lowest BCUT2D eigenvalue weighted by molar-refractivity contribution is -0.370. The monoisotopic (exact) mass is 144 g/mol. The summed E-state index contributed by atoms with van der Waals surface area (Å²) in [5.41, 5.74) is -0.174. The first-order valence-electron chi connectivity index (χ1n) is 3.84. The van der Waals surface area contributed by atoms with Crippen LogP contribution in [0.3, 0.4) is 0 Å². The summed E-state index contributed by atoms with van der Waals surface area (Å²) in [7, 11) is 0. The van der Waals surface area contributed by atoms with Crippen LogP contribution in [0.1, 0.15) is 40.0 Å². The number of hydrogen-bond donors (Lipinski definition) is 1. The van der Waals surface area contributed by atoms with Gasteiger partial charge in [-0.05, 0) is 24.7 Å². The molecule has 60 valence electrons. The molecule has 2 nitrogen and oxygen atoms in total. The van der Waals surface area contributed by atoms with Gasteiger partial charge in [0.05, 0.1) is 0 Å². The highest BCUT2D eigenvalue weighted by molar-refractivity contribution is 4.97. The summed E-state index contributed by atoms with van der Waals surface area (Å²) >= 11 is 0. The Hall–Kier alpha value is -0.0800. The molecule has 2 heteroatoms. The SMILES string of the molecule is CC(C)(C)C1(OO)CCC1. The Morgan fingerprint density at radius 2 is 1.80 bits per heavy atom. The average molecular weight is 144 g/mol. The van der Waals surface area contributed by atoms with Crippen molar-refractivity contribution in [3.05, 3.63) is 0 Å². The fourth-order valence-electron chi connectivity index (χ4n) is 1.48. The third-order valence-electron chi connectivity index (χ3n) is 2.70. The Morgan fingerprint density at radius 1 is 1.30 bits per heavy atom. The first kappa shape index (κ1) is 8.02. The fourth-order valence-corrected chi connectivity index (χ4v) is 1.48. The predicted molar refractivity (Wildman–Crippen MR) is 39.8 cm³/mol. The molecule has 0 saturated heterocycles. The molecule has 0 amide bonds. The quantitative estimate of drug-likeness (QED) is 0.452. The zero-order valence-corrected chi connectivity index (χ0v) is 6.98. The van der Waals surface area contributed by atoms with E-state index in [1.807, 2.05) is 0 Å². The lowest BCUT2D eigenvalue weighted by Gasteiger charge is -2.48. The minimum Gasteiger partial charge on any atom is -0.251 e. The lowest BCUT2D eigenvalue weighted by atomic mass is 9.64. The highest BCUT2D eigenvalue weighted by Crippen LogP contribution is 2.47. The molecule has 0 heterocycles. The van der Waals surface area contributed by atoms with E-state index in [1.54, 1.807) is 0 Å². The smallest absolute Gasteiger partial charge is 0.108 e. The second kappa shape index (κ2) is 2.21. The molecule has 10 heavy (non-hydrogen) atoms. The van der Waals surface area contributed by atoms with Crippen molar-refractivity contribution in [2.24, 2.45) is 5.41 Å². The van der Waals surface area contributed by atoms with E-state index in [0.29, 0.717) is 0 Å². The Morgan fingerprint density at radius 3 is 1.80 bits per heavy atom. The predicted octanol–water partition coefficient (Wildman–Crippen LogP) is 2.44. The first-order valence-corrected chi connectivity index (χ1v) is 3.84. The summed E-state index contributed by atoms with van der Waals surface area (Å²) < 4.78 is 0. The van der Waals surface area contributed by atoms with Gasteiger partial charge in [-0.1, -0.05) is 20.8 Å². The summed E-state index contributed by atoms with van der Waals surface area (Å²) in [5, 5.41) is 8.67. The Balaban J connectivity index is 2.65. The minimum atomic E-state index is -0.243. The van der Waals surface area contributed by atoms with Gasteiger partial charge >= 0.3 is 0 Å². The lowest BCUT2D eigenvalue weighted by Crippen LogP contribution is -2.50. The van der Waals surface area contributed by atoms with Crippen molar-refractivity contribution >= 4 is 0 Å². The van der Waals surface area contributed by atoms with Crippen molar-refractivity contribution in [3.8, 4) is 0 Å². The van der Waals surface area contributed by atoms with E-state index in [9.17, 15) is 0 Å². The van der Waals surface area contributed by atoms with Crippen molar-refractivity contribution in [2.75, 3.05) is 0 Å². The van der Waals surface area contributed by atoms with E-state index in [0.717, 1.165) is 12.8 Å². The molecule has 0 spiro atoms. The molecule has 0 unspecified atom stereocenters. The van der Waals surface area contributed by atoms with Gasteiger partial charge in [0, 0.05) is 0 Å². The molecule has 1 saturated carbocycles. The van der Waals surface area contributed by atoms with Crippen molar-refractivity contribution in [2.45, 2.75) is 45.6 Å². The maximum Gasteiger partial charge on any atom is 0.108 e. The van der Waals surface area contributed by atoms with Gasteiger partial charge < -0.3 is 0 Å². The summed E-state index contributed by atoms with van der Waals surface area (Å²) in [6.07, 6.45) is 3.16. The van der Waals surface area contributed by atoms with Gasteiger partial charge in [0.2, 0.25) is 0 Å². The maximum atomic E-state index is 8.67. The molecule has 0 aromatic heterocycles. The van der Waals surface area contributed by atoms with Crippen LogP contribution in [0, 0.1) is 5.41 Å². The molecule has 0 aromatic carbocycles. The summed E-state index contributed by atoms with van der Waals surface area (Å²) in [6.45, 7) is 6.30. The van der Waals surface area contributed by atoms with E-state index in [2.05, 4.69) is 25.7 Å². The van der Waals surface area contributed by atoms with Crippen molar-refractivity contribution in [1.82, 2.24) is 0 Å². The van der Waals surface area contributed by atoms with Gasteiger partial charge in [0.25, 0.3) is 0 Å². The van der Waals surface area contributed by atoms with E-state index >= 15 is 0 Å². The van der Waals surface area contributed by atoms with Gasteiger partial charge in [-0.3, -0.25) is 5.26 Å². The standard InChI is InChI=1S/C8H16O2/c1-7(2,3)8(10-9)5-4-6-8/h9H,4-6H2,1-3H3. The van der Waals surface area contributed by atoms with Gasteiger partial charge in [-0.25, -0.2) is 4.89 Å². The largest absolute Gasteiger partial charge is 0.251 e. The van der Waals surface area contributed by atoms with Crippen LogP contribution in [0.4, 0.5) is 0 Å². The number of hydrogen-bond acceptors (Lipinski definition) is 2. The molecule has 0 atom stereocenters. The molecule has 0 aromatic rings. The summed E-state index contributed by atoms with van der Waals surface area (Å²) in [4.78, 5) is 4.54. The molecule has 0 radical (unpaired) electrons. The average Bonchev–Trinajstić information content (AvgIpc) is 1.58. The molecule has 1 fully saturated rings. The van der Waals surface area contributed by atoms with Crippen LogP contribution in [0.5, 0.6) is 0 Å². The van der Waals surface area contributed by atoms with Gasteiger partial charge in [-0.2, -0.15) is 0 Å². The van der Waals surface area contributed by atoms with Crippen LogP contribution in [-0.2, 0) is 4.89 Å². The molecular formula is C8H16O2. The van der Waals surface area contributed by atoms with Crippen LogP contribution in [0.15, 0.2) is 0 Å². The van der Waals surface area contributed by atoms with E-state index < -0.39 is 0 Å². The molecule has 1 rings (SSSR count). The zero-order chi connectivity index (χ0) is 7.83. The number of rotatable bonds is 1. The summed E-state index contributed by atoms with van der Waals surface area (Å²) in [5.74, 6) is 0. The Bertz CT molecular complexity index is 114. The highest BCUT2D eigenvalue weighted by Gasteiger charge is 2.48. The topological polar surface area (TPSA) is 29.5 Å². The van der Waals surface area contributed by atoms with Gasteiger partial charge in [-0.15, -0.1) is 0 Å². The van der Waals surface area contributed by atoms with Gasteiger partial charge in [0.1, 0.15) is 5.60 Å². The second-order valence-electron chi connectivity index (χ2n) is 4.19. The van der Waals surface area contributed by atoms with Crippen molar-refractivity contribution in [1.29, 1.82) is 0 Å². The summed E-state index contributed by atoms with van der Waals surface area (Å²) in [6, 6.07) is 0. The molecule has 0 bridgehead atoms. The molecule has 0 aliphatic heterocycles. The zero-order valence-electron chi connectivity index (χ0n) is 6.98. The molecular weight excluding hydrogens is 128 g/mol. The third kappa shape index (κ3) is 0.956. The van der Waals surface area contributed by atoms with Crippen LogP contribution in [0.25, 0.3) is 0 Å². The van der Waals surface area contributed by atoms with Crippen molar-refractivity contribution in [3.63, 3.8) is 0 Å². The van der Waals surface area contributed by atoms with Crippen LogP contribution >= 0.6 is 0 Å². The van der Waals surface area contributed by atoms with Crippen LogP contribution in [-0.4, -0.2) is 10.9 Å². The molecule has 1 aliphatic rings. The molecule has 1 N–H and O–H groups in total. The maximum absolute atomic E-state index is 8.67. The van der Waals surface area contributed by atoms with Crippen LogP contribution in [0.2, 0.25) is 0 Å². The van der Waals surface area contributed by atoms with Crippen LogP contribution < -0.4 is 0 Å². The Labute approximate surface area is 62.1 Å². The normalized spacial score (nSPS) is 24.0. The highest BCUT2D eigenvalue weighted by atomic mass is 17.1. The molecule has 1 aliphatic carbocycles. The second-order valence-corrected chi connectivity index (χ2v) is 4.19. The van der Waals surface area contributed by atoms with Gasteiger partial charge in [0.15, 0.2) is 0 Å². The van der Waals surface area contributed by atoms with E-state index in [4.69, 9.17) is 5.26 Å².